The molecule has 0 spiro atoms. The predicted octanol–water partition coefficient (Wildman–Crippen LogP) is 2.52. The lowest BCUT2D eigenvalue weighted by molar-refractivity contribution is -0.127. The fourth-order valence-electron chi connectivity index (χ4n) is 1.75. The van der Waals surface area contributed by atoms with Crippen LogP contribution in [0.5, 0.6) is 0 Å². The Morgan fingerprint density at radius 3 is 2.63 bits per heavy atom. The van der Waals surface area contributed by atoms with E-state index in [2.05, 4.69) is 6.07 Å². The summed E-state index contributed by atoms with van der Waals surface area (Å²) in [5, 5.41) is 9.62. The van der Waals surface area contributed by atoms with Crippen LogP contribution < -0.4 is 4.90 Å². The lowest BCUT2D eigenvalue weighted by Gasteiger charge is -2.26. The van der Waals surface area contributed by atoms with Gasteiger partial charge in [-0.2, -0.15) is 5.26 Å². The summed E-state index contributed by atoms with van der Waals surface area (Å²) in [6.07, 6.45) is 0.887. The summed E-state index contributed by atoms with van der Waals surface area (Å²) in [5.41, 5.74) is 1.14. The summed E-state index contributed by atoms with van der Waals surface area (Å²) in [4.78, 5) is 15.3. The van der Waals surface area contributed by atoms with E-state index in [-0.39, 0.29) is 12.5 Å². The summed E-state index contributed by atoms with van der Waals surface area (Å²) < 4.78 is 0. The molecule has 1 aromatic carbocycles. The largest absolute Gasteiger partial charge is 0.361 e. The zero-order valence-electron chi connectivity index (χ0n) is 11.5. The predicted molar refractivity (Wildman–Crippen MR) is 77.4 cm³/mol. The molecule has 1 rings (SSSR count). The number of amides is 1. The zero-order chi connectivity index (χ0) is 14.4. The summed E-state index contributed by atoms with van der Waals surface area (Å²) in [7, 11) is 3.44. The highest BCUT2D eigenvalue weighted by molar-refractivity contribution is 6.32. The first kappa shape index (κ1) is 15.3. The van der Waals surface area contributed by atoms with Gasteiger partial charge in [-0.25, -0.2) is 0 Å². The third-order valence-corrected chi connectivity index (χ3v) is 3.08. The molecule has 102 valence electrons. The van der Waals surface area contributed by atoms with Gasteiger partial charge in [0.2, 0.25) is 5.91 Å². The Labute approximate surface area is 119 Å². The first-order valence-corrected chi connectivity index (χ1v) is 6.52. The van der Waals surface area contributed by atoms with Gasteiger partial charge < -0.3 is 9.80 Å². The molecule has 0 aliphatic carbocycles. The Kier molecular flexibility index (Phi) is 5.65. The minimum Gasteiger partial charge on any atom is -0.361 e. The second-order valence-electron chi connectivity index (χ2n) is 4.46. The fourth-order valence-corrected chi connectivity index (χ4v) is 1.96. The average Bonchev–Trinajstić information content (AvgIpc) is 2.37. The van der Waals surface area contributed by atoms with Crippen molar-refractivity contribution in [2.45, 2.75) is 13.3 Å². The quantitative estimate of drug-likeness (QED) is 0.832. The standard InChI is InChI=1S/C14H18ClN3O/c1-4-8-18(10-14(19)17(2)3)13-7-5-6-12(15)11(13)9-16/h5-7H,4,8,10H2,1-3H3. The molecule has 0 heterocycles. The molecule has 1 amide bonds. The highest BCUT2D eigenvalue weighted by atomic mass is 35.5. The van der Waals surface area contributed by atoms with Crippen LogP contribution in [0.15, 0.2) is 18.2 Å². The molecule has 4 nitrogen and oxygen atoms in total. The Balaban J connectivity index is 3.09. The van der Waals surface area contributed by atoms with E-state index in [0.717, 1.165) is 6.42 Å². The van der Waals surface area contributed by atoms with Crippen molar-refractivity contribution in [2.75, 3.05) is 32.1 Å². The highest BCUT2D eigenvalue weighted by Crippen LogP contribution is 2.26. The number of halogens is 1. The van der Waals surface area contributed by atoms with E-state index in [9.17, 15) is 10.1 Å². The second kappa shape index (κ2) is 7.01. The summed E-state index contributed by atoms with van der Waals surface area (Å²) in [6, 6.07) is 7.40. The van der Waals surface area contributed by atoms with E-state index in [1.165, 1.54) is 0 Å². The van der Waals surface area contributed by atoms with Crippen LogP contribution in [0.3, 0.4) is 0 Å². The van der Waals surface area contributed by atoms with Crippen LogP contribution >= 0.6 is 11.6 Å². The minimum atomic E-state index is -0.00249. The molecule has 0 aliphatic heterocycles. The molecular formula is C14H18ClN3O. The van der Waals surface area contributed by atoms with Crippen LogP contribution in [-0.2, 0) is 4.79 Å². The van der Waals surface area contributed by atoms with E-state index in [4.69, 9.17) is 11.6 Å². The molecule has 0 fully saturated rings. The van der Waals surface area contributed by atoms with Gasteiger partial charge in [-0.05, 0) is 18.6 Å². The van der Waals surface area contributed by atoms with Crippen LogP contribution in [0.1, 0.15) is 18.9 Å². The Hall–Kier alpha value is -1.73. The number of nitrogens with zero attached hydrogens (tertiary/aromatic N) is 3. The van der Waals surface area contributed by atoms with Crippen molar-refractivity contribution in [1.82, 2.24) is 4.90 Å². The van der Waals surface area contributed by atoms with Gasteiger partial charge in [0, 0.05) is 20.6 Å². The zero-order valence-corrected chi connectivity index (χ0v) is 12.2. The highest BCUT2D eigenvalue weighted by Gasteiger charge is 2.16. The lowest BCUT2D eigenvalue weighted by Crippen LogP contribution is -2.37. The van der Waals surface area contributed by atoms with Gasteiger partial charge in [0.15, 0.2) is 0 Å². The number of rotatable bonds is 5. The molecular weight excluding hydrogens is 262 g/mol. The number of nitriles is 1. The van der Waals surface area contributed by atoms with E-state index < -0.39 is 0 Å². The van der Waals surface area contributed by atoms with Crippen molar-refractivity contribution in [3.63, 3.8) is 0 Å². The number of hydrogen-bond donors (Lipinski definition) is 0. The first-order valence-electron chi connectivity index (χ1n) is 6.15. The third-order valence-electron chi connectivity index (χ3n) is 2.76. The number of benzene rings is 1. The topological polar surface area (TPSA) is 47.3 Å². The third kappa shape index (κ3) is 3.87. The molecule has 19 heavy (non-hydrogen) atoms. The van der Waals surface area contributed by atoms with Crippen LogP contribution in [0.4, 0.5) is 5.69 Å². The number of carbonyl (C=O) groups excluding carboxylic acids is 1. The summed E-state index contributed by atoms with van der Waals surface area (Å²) in [6.45, 7) is 2.98. The molecule has 0 aromatic heterocycles. The maximum absolute atomic E-state index is 11.9. The number of hydrogen-bond acceptors (Lipinski definition) is 3. The first-order chi connectivity index (χ1) is 9.01. The molecule has 1 aromatic rings. The van der Waals surface area contributed by atoms with Crippen LogP contribution in [0.25, 0.3) is 0 Å². The number of likely N-dealkylation sites (N-methyl/N-ethyl adjacent to an activating group) is 1. The van der Waals surface area contributed by atoms with Crippen molar-refractivity contribution in [3.8, 4) is 6.07 Å². The summed E-state index contributed by atoms with van der Waals surface area (Å²) >= 11 is 6.03. The van der Waals surface area contributed by atoms with Crippen LogP contribution in [0.2, 0.25) is 5.02 Å². The van der Waals surface area contributed by atoms with Gasteiger partial charge in [0.25, 0.3) is 0 Å². The fraction of sp³-hybridized carbons (Fsp3) is 0.429. The average molecular weight is 280 g/mol. The molecule has 0 radical (unpaired) electrons. The molecule has 0 saturated carbocycles. The van der Waals surface area contributed by atoms with Crippen molar-refractivity contribution >= 4 is 23.2 Å². The van der Waals surface area contributed by atoms with E-state index in [1.807, 2.05) is 17.9 Å². The second-order valence-corrected chi connectivity index (χ2v) is 4.86. The minimum absolute atomic E-state index is 0.00249. The van der Waals surface area contributed by atoms with Crippen LogP contribution in [-0.4, -0.2) is 38.0 Å². The lowest BCUT2D eigenvalue weighted by atomic mass is 10.1. The Morgan fingerprint density at radius 2 is 2.11 bits per heavy atom. The van der Waals surface area contributed by atoms with Crippen LogP contribution in [0, 0.1) is 11.3 Å². The maximum atomic E-state index is 11.9. The molecule has 0 saturated heterocycles. The van der Waals surface area contributed by atoms with Crippen molar-refractivity contribution in [2.24, 2.45) is 0 Å². The van der Waals surface area contributed by atoms with Gasteiger partial charge in [-0.3, -0.25) is 4.79 Å². The number of anilines is 1. The van der Waals surface area contributed by atoms with Gasteiger partial charge >= 0.3 is 0 Å². The molecule has 5 heteroatoms. The van der Waals surface area contributed by atoms with E-state index in [1.54, 1.807) is 31.1 Å². The molecule has 0 bridgehead atoms. The SMILES string of the molecule is CCCN(CC(=O)N(C)C)c1cccc(Cl)c1C#N. The monoisotopic (exact) mass is 279 g/mol. The van der Waals surface area contributed by atoms with E-state index in [0.29, 0.717) is 22.8 Å². The van der Waals surface area contributed by atoms with Gasteiger partial charge in [0.1, 0.15) is 6.07 Å². The summed E-state index contributed by atoms with van der Waals surface area (Å²) in [5.74, 6) is -0.00249. The van der Waals surface area contributed by atoms with Gasteiger partial charge in [0.05, 0.1) is 22.8 Å². The van der Waals surface area contributed by atoms with Gasteiger partial charge in [-0.1, -0.05) is 24.6 Å². The molecule has 0 atom stereocenters. The van der Waals surface area contributed by atoms with E-state index >= 15 is 0 Å². The Morgan fingerprint density at radius 1 is 1.42 bits per heavy atom. The van der Waals surface area contributed by atoms with Crippen molar-refractivity contribution < 1.29 is 4.79 Å². The van der Waals surface area contributed by atoms with Gasteiger partial charge in [-0.15, -0.1) is 0 Å². The van der Waals surface area contributed by atoms with Crippen molar-refractivity contribution in [1.29, 1.82) is 5.26 Å². The Bertz CT molecular complexity index is 494. The maximum Gasteiger partial charge on any atom is 0.241 e. The van der Waals surface area contributed by atoms with Crippen molar-refractivity contribution in [3.05, 3.63) is 28.8 Å². The molecule has 0 N–H and O–H groups in total. The smallest absolute Gasteiger partial charge is 0.241 e. The molecule has 0 aliphatic rings. The molecule has 0 unspecified atom stereocenters. The number of carbonyl (C=O) groups is 1. The normalized spacial score (nSPS) is 9.84.